The van der Waals surface area contributed by atoms with Crippen LogP contribution in [0.5, 0.6) is 0 Å². The van der Waals surface area contributed by atoms with Gasteiger partial charge in [-0.25, -0.2) is 9.78 Å². The van der Waals surface area contributed by atoms with Crippen LogP contribution >= 0.6 is 0 Å². The number of hydrogen-bond acceptors (Lipinski definition) is 11. The molecule has 1 aromatic carbocycles. The van der Waals surface area contributed by atoms with E-state index in [1.54, 1.807) is 17.7 Å². The Kier molecular flexibility index (Phi) is 22.1. The zero-order valence-electron chi connectivity index (χ0n) is 29.3. The van der Waals surface area contributed by atoms with E-state index in [4.69, 9.17) is 29.1 Å². The number of nitrogens with one attached hydrogen (secondary N) is 1. The van der Waals surface area contributed by atoms with Gasteiger partial charge in [0, 0.05) is 64.1 Å². The van der Waals surface area contributed by atoms with E-state index in [1.807, 2.05) is 60.7 Å². The third-order valence-electron chi connectivity index (χ3n) is 6.48. The van der Waals surface area contributed by atoms with Gasteiger partial charge in [0.1, 0.15) is 6.79 Å². The number of alkyl carbamates (subject to hydrolysis) is 1. The molecule has 4 rings (SSSR count). The molecule has 0 spiro atoms. The van der Waals surface area contributed by atoms with Gasteiger partial charge in [-0.15, -0.1) is 0 Å². The molecule has 13 heteroatoms. The number of methoxy groups -OCH3 is 2. The van der Waals surface area contributed by atoms with E-state index in [9.17, 15) is 14.4 Å². The van der Waals surface area contributed by atoms with Crippen molar-refractivity contribution in [2.24, 2.45) is 0 Å². The normalized spacial score (nSPS) is 11.1. The predicted molar refractivity (Wildman–Crippen MR) is 183 cm³/mol. The number of pyridine rings is 2. The van der Waals surface area contributed by atoms with Crippen LogP contribution in [0.1, 0.15) is 56.1 Å². The number of aliphatic hydroxyl groups is 1. The number of aliphatic hydroxyl groups excluding tert-OH is 1. The minimum atomic E-state index is -1.29. The molecular weight excluding hydrogens is 608 g/mol. The molecule has 0 aliphatic carbocycles. The summed E-state index contributed by atoms with van der Waals surface area (Å²) < 4.78 is 22.0. The van der Waals surface area contributed by atoms with Crippen molar-refractivity contribution in [3.05, 3.63) is 62.9 Å². The van der Waals surface area contributed by atoms with Crippen LogP contribution in [-0.4, -0.2) is 101 Å². The van der Waals surface area contributed by atoms with Gasteiger partial charge in [0.25, 0.3) is 5.56 Å². The van der Waals surface area contributed by atoms with E-state index < -0.39 is 12.2 Å². The van der Waals surface area contributed by atoms with Gasteiger partial charge < -0.3 is 43.6 Å². The molecule has 0 radical (unpaired) electrons. The lowest BCUT2D eigenvalue weighted by Gasteiger charge is -2.18. The Morgan fingerprint density at radius 1 is 1.13 bits per heavy atom. The van der Waals surface area contributed by atoms with Crippen LogP contribution in [0, 0.1) is 0 Å². The van der Waals surface area contributed by atoms with Gasteiger partial charge in [-0.3, -0.25) is 9.59 Å². The Hall–Kier alpha value is -4.01. The number of amides is 1. The minimum absolute atomic E-state index is 0.0349. The third kappa shape index (κ3) is 12.3. The molecule has 0 saturated carbocycles. The molecule has 1 unspecified atom stereocenters. The summed E-state index contributed by atoms with van der Waals surface area (Å²) in [7, 11) is 8.17. The standard InChI is InChI=1S/C27H32N4O6.C3H8O.C2H6.CH4O.CH2O/c1-5-36-10-9-28-27(34)37-24(15-32)20-12-23-25-18(14-31(23)26(33)21(20)16-35-4)11-19-17(13-30(2)3)7-6-8-22(19)29-25;1-3-4-2;3*1-2/h6-8,11-12,15,24H,5,9-10,13-14,16H2,1-4H3,(H,28,34);3H2,1-2H3;1-2H3;2H,1H3;1H2. The molecule has 47 heavy (non-hydrogen) atoms. The summed E-state index contributed by atoms with van der Waals surface area (Å²) in [6, 6.07) is 9.77. The molecule has 262 valence electrons. The number of fused-ring (bicyclic) bond motifs is 4. The second kappa shape index (κ2) is 24.2. The summed E-state index contributed by atoms with van der Waals surface area (Å²) in [4.78, 5) is 52.9. The number of ether oxygens (including phenoxy) is 4. The van der Waals surface area contributed by atoms with E-state index in [0.29, 0.717) is 37.4 Å². The first-order valence-corrected chi connectivity index (χ1v) is 15.3. The summed E-state index contributed by atoms with van der Waals surface area (Å²) in [5.74, 6) is 0. The average Bonchev–Trinajstić information content (AvgIpc) is 3.46. The van der Waals surface area contributed by atoms with Crippen molar-refractivity contribution >= 4 is 30.1 Å². The summed E-state index contributed by atoms with van der Waals surface area (Å²) in [6.45, 7) is 12.8. The van der Waals surface area contributed by atoms with E-state index in [2.05, 4.69) is 27.1 Å². The van der Waals surface area contributed by atoms with Crippen molar-refractivity contribution in [2.45, 2.75) is 53.5 Å². The van der Waals surface area contributed by atoms with Crippen molar-refractivity contribution in [3.8, 4) is 11.4 Å². The Balaban J connectivity index is 0.00000190. The highest BCUT2D eigenvalue weighted by Crippen LogP contribution is 2.35. The zero-order valence-corrected chi connectivity index (χ0v) is 29.3. The van der Waals surface area contributed by atoms with Gasteiger partial charge in [-0.2, -0.15) is 0 Å². The van der Waals surface area contributed by atoms with Gasteiger partial charge >= 0.3 is 6.09 Å². The molecule has 0 saturated heterocycles. The first kappa shape index (κ1) is 43.0. The monoisotopic (exact) mass is 660 g/mol. The highest BCUT2D eigenvalue weighted by molar-refractivity contribution is 5.87. The molecular formula is C34H52N4O9. The van der Waals surface area contributed by atoms with Crippen molar-refractivity contribution < 1.29 is 38.4 Å². The van der Waals surface area contributed by atoms with Crippen LogP contribution in [0.15, 0.2) is 35.1 Å². The molecule has 3 aromatic rings. The largest absolute Gasteiger partial charge is 0.434 e. The number of hydrogen-bond donors (Lipinski definition) is 2. The van der Waals surface area contributed by atoms with E-state index in [0.717, 1.165) is 42.3 Å². The summed E-state index contributed by atoms with van der Waals surface area (Å²) in [5, 5.41) is 10.6. The molecule has 2 aromatic heterocycles. The van der Waals surface area contributed by atoms with Crippen LogP contribution in [0.3, 0.4) is 0 Å². The summed E-state index contributed by atoms with van der Waals surface area (Å²) >= 11 is 0. The number of carbonyl (C=O) groups is 3. The Morgan fingerprint density at radius 2 is 1.79 bits per heavy atom. The topological polar surface area (TPSA) is 159 Å². The zero-order chi connectivity index (χ0) is 35.9. The van der Waals surface area contributed by atoms with Crippen LogP contribution in [0.4, 0.5) is 4.79 Å². The van der Waals surface area contributed by atoms with Gasteiger partial charge in [0.2, 0.25) is 0 Å². The first-order chi connectivity index (χ1) is 22.8. The maximum Gasteiger partial charge on any atom is 0.408 e. The minimum Gasteiger partial charge on any atom is -0.434 e. The maximum absolute atomic E-state index is 13.6. The van der Waals surface area contributed by atoms with Gasteiger partial charge in [0.15, 0.2) is 12.4 Å². The third-order valence-corrected chi connectivity index (χ3v) is 6.48. The van der Waals surface area contributed by atoms with Crippen LogP contribution in [0.2, 0.25) is 0 Å². The van der Waals surface area contributed by atoms with Crippen molar-refractivity contribution in [3.63, 3.8) is 0 Å². The number of benzene rings is 1. The molecule has 0 bridgehead atoms. The fourth-order valence-corrected chi connectivity index (χ4v) is 4.59. The highest BCUT2D eigenvalue weighted by atomic mass is 16.6. The van der Waals surface area contributed by atoms with Crippen molar-refractivity contribution in [1.82, 2.24) is 19.8 Å². The Labute approximate surface area is 277 Å². The fourth-order valence-electron chi connectivity index (χ4n) is 4.59. The lowest BCUT2D eigenvalue weighted by atomic mass is 10.0. The molecule has 1 atom stereocenters. The predicted octanol–water partition coefficient (Wildman–Crippen LogP) is 3.74. The second-order valence-corrected chi connectivity index (χ2v) is 9.67. The van der Waals surface area contributed by atoms with Crippen LogP contribution in [0.25, 0.3) is 22.3 Å². The lowest BCUT2D eigenvalue weighted by Crippen LogP contribution is -2.31. The first-order valence-electron chi connectivity index (χ1n) is 15.3. The quantitative estimate of drug-likeness (QED) is 0.168. The number of aldehydes is 1. The maximum atomic E-state index is 13.6. The summed E-state index contributed by atoms with van der Waals surface area (Å²) in [5.41, 5.74) is 4.35. The van der Waals surface area contributed by atoms with Gasteiger partial charge in [-0.05, 0) is 51.7 Å². The SMILES string of the molecule is C=O.CC.CCOC.CCOCCNC(=O)OC(C=O)c1cc2n(c(=O)c1COC)Cc1cc3c(CN(C)C)cccc3nc1-2.CO. The van der Waals surface area contributed by atoms with Crippen LogP contribution < -0.4 is 10.9 Å². The van der Waals surface area contributed by atoms with E-state index in [-0.39, 0.29) is 29.8 Å². The number of aromatic nitrogens is 2. The molecule has 1 aliphatic rings. The molecule has 0 fully saturated rings. The number of nitrogens with zero attached hydrogens (tertiary/aromatic N) is 3. The molecule has 3 heterocycles. The van der Waals surface area contributed by atoms with Gasteiger partial charge in [-0.1, -0.05) is 26.0 Å². The molecule has 2 N–H and O–H groups in total. The number of carbonyl (C=O) groups excluding carboxylic acids is 3. The molecule has 1 aliphatic heterocycles. The fraction of sp³-hybridized carbons (Fsp3) is 0.500. The van der Waals surface area contributed by atoms with Crippen molar-refractivity contribution in [2.75, 3.05) is 61.8 Å². The molecule has 1 amide bonds. The Morgan fingerprint density at radius 3 is 2.34 bits per heavy atom. The molecule has 13 nitrogen and oxygen atoms in total. The van der Waals surface area contributed by atoms with E-state index in [1.165, 1.54) is 7.11 Å². The van der Waals surface area contributed by atoms with E-state index >= 15 is 0 Å². The second-order valence-electron chi connectivity index (χ2n) is 9.67. The Bertz CT molecular complexity index is 1420. The van der Waals surface area contributed by atoms with Crippen LogP contribution in [-0.2, 0) is 48.2 Å². The lowest BCUT2D eigenvalue weighted by molar-refractivity contribution is -0.115. The number of rotatable bonds is 12. The van der Waals surface area contributed by atoms with Crippen molar-refractivity contribution in [1.29, 1.82) is 0 Å². The highest BCUT2D eigenvalue weighted by Gasteiger charge is 2.29. The van der Waals surface area contributed by atoms with Gasteiger partial charge in [0.05, 0.1) is 42.2 Å². The summed E-state index contributed by atoms with van der Waals surface area (Å²) in [6.07, 6.45) is -1.56. The smallest absolute Gasteiger partial charge is 0.408 e. The average molecular weight is 661 g/mol.